The summed E-state index contributed by atoms with van der Waals surface area (Å²) in [5.74, 6) is -0.188. The summed E-state index contributed by atoms with van der Waals surface area (Å²) in [7, 11) is 0. The predicted octanol–water partition coefficient (Wildman–Crippen LogP) is 4.16. The Morgan fingerprint density at radius 3 is 2.37 bits per heavy atom. The lowest BCUT2D eigenvalue weighted by atomic mass is 9.89. The molecule has 3 heterocycles. The average Bonchev–Trinajstić information content (AvgIpc) is 2.75. The second-order valence-electron chi connectivity index (χ2n) is 7.77. The molecule has 1 aromatic rings. The molecule has 0 saturated carbocycles. The summed E-state index contributed by atoms with van der Waals surface area (Å²) in [6.07, 6.45) is 5.74. The zero-order valence-corrected chi connectivity index (χ0v) is 16.7. The number of benzene rings is 1. The van der Waals surface area contributed by atoms with Crippen LogP contribution in [-0.2, 0) is 11.0 Å². The number of allylic oxidation sites excluding steroid dienone is 4. The predicted molar refractivity (Wildman–Crippen MR) is 110 cm³/mol. The number of hydrogen-bond donors (Lipinski definition) is 1. The van der Waals surface area contributed by atoms with Crippen molar-refractivity contribution in [3.05, 3.63) is 77.3 Å². The minimum absolute atomic E-state index is 0.00674. The molecule has 1 fully saturated rings. The Kier molecular flexibility index (Phi) is 5.56. The van der Waals surface area contributed by atoms with Crippen molar-refractivity contribution in [3.63, 3.8) is 0 Å². The van der Waals surface area contributed by atoms with E-state index in [2.05, 4.69) is 10.2 Å². The molecule has 1 amide bonds. The molecule has 1 atom stereocenters. The summed E-state index contributed by atoms with van der Waals surface area (Å²) >= 11 is 0. The van der Waals surface area contributed by atoms with Crippen LogP contribution in [-0.4, -0.2) is 41.9 Å². The zero-order chi connectivity index (χ0) is 21.3. The Morgan fingerprint density at radius 1 is 1.03 bits per heavy atom. The lowest BCUT2D eigenvalue weighted by molar-refractivity contribution is -0.137. The van der Waals surface area contributed by atoms with Gasteiger partial charge in [-0.2, -0.15) is 13.2 Å². The number of nitrogens with zero attached hydrogens (tertiary/aromatic N) is 2. The van der Waals surface area contributed by atoms with Gasteiger partial charge in [-0.05, 0) is 47.8 Å². The fourth-order valence-electron chi connectivity index (χ4n) is 3.96. The molecule has 30 heavy (non-hydrogen) atoms. The summed E-state index contributed by atoms with van der Waals surface area (Å²) in [5.41, 5.74) is 2.51. The first kappa shape index (κ1) is 20.5. The Morgan fingerprint density at radius 2 is 1.70 bits per heavy atom. The fourth-order valence-corrected chi connectivity index (χ4v) is 3.96. The van der Waals surface area contributed by atoms with Gasteiger partial charge in [-0.1, -0.05) is 25.1 Å². The molecule has 158 valence electrons. The van der Waals surface area contributed by atoms with E-state index in [0.29, 0.717) is 12.0 Å². The quantitative estimate of drug-likeness (QED) is 0.788. The second-order valence-corrected chi connectivity index (χ2v) is 7.77. The van der Waals surface area contributed by atoms with Crippen LogP contribution >= 0.6 is 0 Å². The van der Waals surface area contributed by atoms with E-state index < -0.39 is 11.7 Å². The van der Waals surface area contributed by atoms with Crippen molar-refractivity contribution >= 4 is 11.5 Å². The number of rotatable bonds is 2. The van der Waals surface area contributed by atoms with E-state index in [1.165, 1.54) is 12.1 Å². The molecular formula is C23H24F3N3O. The number of fused-ring (bicyclic) bond motifs is 1. The topological polar surface area (TPSA) is 35.6 Å². The number of alkyl halides is 3. The van der Waals surface area contributed by atoms with Crippen molar-refractivity contribution in [1.29, 1.82) is 0 Å². The fraction of sp³-hybridized carbons (Fsp3) is 0.348. The second kappa shape index (κ2) is 8.14. The number of piperazine rings is 1. The minimum atomic E-state index is -4.38. The first-order chi connectivity index (χ1) is 14.3. The largest absolute Gasteiger partial charge is 0.416 e. The smallest absolute Gasteiger partial charge is 0.368 e. The van der Waals surface area contributed by atoms with Gasteiger partial charge in [0.25, 0.3) is 5.91 Å². The van der Waals surface area contributed by atoms with Crippen LogP contribution in [0.15, 0.2) is 66.2 Å². The normalized spacial score (nSPS) is 22.6. The van der Waals surface area contributed by atoms with E-state index in [-0.39, 0.29) is 11.8 Å². The van der Waals surface area contributed by atoms with E-state index >= 15 is 0 Å². The van der Waals surface area contributed by atoms with Crippen LogP contribution in [0.5, 0.6) is 0 Å². The van der Waals surface area contributed by atoms with Crippen molar-refractivity contribution < 1.29 is 18.0 Å². The molecule has 3 aliphatic rings. The number of halogens is 3. The van der Waals surface area contributed by atoms with Crippen LogP contribution in [0.1, 0.15) is 24.5 Å². The standard InChI is InChI=1S/C23H24F3N3O/c1-16-2-7-19-8-9-20(28-12-10-27-11-13-28)15-29(19)22(30)14-21(16)17-3-5-18(6-4-17)23(24,25)26/h3-9,14-16,27H,2,10-13H2,1H3. The lowest BCUT2D eigenvalue weighted by Crippen LogP contribution is -2.43. The summed E-state index contributed by atoms with van der Waals surface area (Å²) in [6, 6.07) is 5.03. The Bertz CT molecular complexity index is 935. The maximum atomic E-state index is 13.1. The molecule has 3 aliphatic heterocycles. The number of hydrogen-bond acceptors (Lipinski definition) is 3. The van der Waals surface area contributed by atoms with E-state index in [0.717, 1.165) is 55.3 Å². The van der Waals surface area contributed by atoms with Gasteiger partial charge in [0.15, 0.2) is 0 Å². The highest BCUT2D eigenvalue weighted by Gasteiger charge is 2.30. The summed E-state index contributed by atoms with van der Waals surface area (Å²) < 4.78 is 38.7. The monoisotopic (exact) mass is 415 g/mol. The number of amides is 1. The third-order valence-corrected chi connectivity index (χ3v) is 5.72. The van der Waals surface area contributed by atoms with Crippen molar-refractivity contribution in [1.82, 2.24) is 15.1 Å². The minimum Gasteiger partial charge on any atom is -0.368 e. The molecule has 0 aliphatic carbocycles. The van der Waals surface area contributed by atoms with Gasteiger partial charge in [0.05, 0.1) is 11.3 Å². The number of nitrogens with one attached hydrogen (secondary N) is 1. The SMILES string of the molecule is CC1CC=C2C=CC(N3CCNCC3)=CN2C(=O)C=C1c1ccc(C(F)(F)F)cc1. The van der Waals surface area contributed by atoms with Gasteiger partial charge in [0.2, 0.25) is 0 Å². The van der Waals surface area contributed by atoms with Crippen LogP contribution in [0.2, 0.25) is 0 Å². The Balaban J connectivity index is 1.63. The molecule has 0 radical (unpaired) electrons. The van der Waals surface area contributed by atoms with E-state index in [9.17, 15) is 18.0 Å². The molecule has 4 rings (SSSR count). The lowest BCUT2D eigenvalue weighted by Gasteiger charge is -2.34. The van der Waals surface area contributed by atoms with E-state index in [1.54, 1.807) is 11.0 Å². The van der Waals surface area contributed by atoms with Gasteiger partial charge in [-0.25, -0.2) is 0 Å². The molecule has 1 unspecified atom stereocenters. The molecule has 1 aromatic carbocycles. The molecule has 1 saturated heterocycles. The van der Waals surface area contributed by atoms with Gasteiger partial charge in [-0.15, -0.1) is 0 Å². The Labute approximate surface area is 174 Å². The van der Waals surface area contributed by atoms with Crippen LogP contribution < -0.4 is 5.32 Å². The maximum absolute atomic E-state index is 13.1. The molecule has 1 N–H and O–H groups in total. The van der Waals surface area contributed by atoms with Crippen molar-refractivity contribution in [2.45, 2.75) is 19.5 Å². The van der Waals surface area contributed by atoms with Gasteiger partial charge < -0.3 is 10.2 Å². The van der Waals surface area contributed by atoms with Gasteiger partial charge in [-0.3, -0.25) is 9.69 Å². The highest BCUT2D eigenvalue weighted by atomic mass is 19.4. The Hall–Kier alpha value is -2.80. The zero-order valence-electron chi connectivity index (χ0n) is 16.7. The number of carbonyl (C=O) groups excluding carboxylic acids is 1. The maximum Gasteiger partial charge on any atom is 0.416 e. The van der Waals surface area contributed by atoms with Gasteiger partial charge in [0, 0.05) is 44.2 Å². The average molecular weight is 415 g/mol. The first-order valence-electron chi connectivity index (χ1n) is 10.1. The summed E-state index contributed by atoms with van der Waals surface area (Å²) in [5, 5.41) is 3.31. The first-order valence-corrected chi connectivity index (χ1v) is 10.1. The van der Waals surface area contributed by atoms with Gasteiger partial charge >= 0.3 is 6.18 Å². The number of carbonyl (C=O) groups is 1. The molecule has 0 bridgehead atoms. The highest BCUT2D eigenvalue weighted by Crippen LogP contribution is 2.34. The van der Waals surface area contributed by atoms with Crippen LogP contribution in [0.4, 0.5) is 13.2 Å². The molecule has 0 spiro atoms. The summed E-state index contributed by atoms with van der Waals surface area (Å²) in [6.45, 7) is 5.54. The molecular weight excluding hydrogens is 391 g/mol. The van der Waals surface area contributed by atoms with Crippen LogP contribution in [0.3, 0.4) is 0 Å². The third kappa shape index (κ3) is 4.21. The summed E-state index contributed by atoms with van der Waals surface area (Å²) in [4.78, 5) is 17.0. The van der Waals surface area contributed by atoms with E-state index in [1.807, 2.05) is 31.4 Å². The van der Waals surface area contributed by atoms with Crippen molar-refractivity contribution in [3.8, 4) is 0 Å². The molecule has 0 aromatic heterocycles. The van der Waals surface area contributed by atoms with Gasteiger partial charge in [0.1, 0.15) is 0 Å². The highest BCUT2D eigenvalue weighted by molar-refractivity contribution is 5.98. The van der Waals surface area contributed by atoms with E-state index in [4.69, 9.17) is 0 Å². The van der Waals surface area contributed by atoms with Crippen molar-refractivity contribution in [2.75, 3.05) is 26.2 Å². The van der Waals surface area contributed by atoms with Crippen LogP contribution in [0, 0.1) is 5.92 Å². The van der Waals surface area contributed by atoms with Crippen molar-refractivity contribution in [2.24, 2.45) is 5.92 Å². The van der Waals surface area contributed by atoms with Crippen LogP contribution in [0.25, 0.3) is 5.57 Å². The molecule has 7 heteroatoms. The molecule has 4 nitrogen and oxygen atoms in total. The third-order valence-electron chi connectivity index (χ3n) is 5.72.